The maximum absolute atomic E-state index is 5.59. The Balaban J connectivity index is 1.67. The molecule has 2 rings (SSSR count). The predicted octanol–water partition coefficient (Wildman–Crippen LogP) is 0.612. The smallest absolute Gasteiger partial charge is 0.0823 e. The number of pyridine rings is 1. The van der Waals surface area contributed by atoms with E-state index in [0.29, 0.717) is 6.10 Å². The number of nitrogens with zero attached hydrogens (tertiary/aromatic N) is 1. The van der Waals surface area contributed by atoms with E-state index in [2.05, 4.69) is 16.4 Å². The van der Waals surface area contributed by atoms with Crippen LogP contribution in [0.2, 0.25) is 0 Å². The number of rotatable bonds is 4. The molecule has 0 amide bonds. The molecule has 0 atom stereocenters. The molecule has 1 N–H and O–H groups in total. The minimum atomic E-state index is 0.441. The van der Waals surface area contributed by atoms with Gasteiger partial charge in [-0.1, -0.05) is 6.07 Å². The highest BCUT2D eigenvalue weighted by molar-refractivity contribution is 5.08. The second kappa shape index (κ2) is 4.35. The normalized spacial score (nSPS) is 16.9. The van der Waals surface area contributed by atoms with Gasteiger partial charge in [0.05, 0.1) is 12.7 Å². The highest BCUT2D eigenvalue weighted by Crippen LogP contribution is 2.01. The lowest BCUT2D eigenvalue weighted by atomic mass is 10.2. The van der Waals surface area contributed by atoms with Crippen molar-refractivity contribution in [1.82, 2.24) is 10.3 Å². The van der Waals surface area contributed by atoms with E-state index >= 15 is 0 Å². The summed E-state index contributed by atoms with van der Waals surface area (Å²) in [6.45, 7) is 2.82. The van der Waals surface area contributed by atoms with E-state index in [9.17, 15) is 0 Å². The summed E-state index contributed by atoms with van der Waals surface area (Å²) in [6, 6.07) is 4.04. The summed E-state index contributed by atoms with van der Waals surface area (Å²) < 4.78 is 5.59. The Bertz CT molecular complexity index is 246. The van der Waals surface area contributed by atoms with Gasteiger partial charge in [-0.15, -0.1) is 0 Å². The van der Waals surface area contributed by atoms with Crippen molar-refractivity contribution in [3.63, 3.8) is 0 Å². The second-order valence-electron chi connectivity index (χ2n) is 3.26. The molecule has 70 valence electrons. The van der Waals surface area contributed by atoms with Crippen molar-refractivity contribution in [1.29, 1.82) is 0 Å². The molecule has 2 heterocycles. The molecular formula is C10H14N2O. The number of aromatic nitrogens is 1. The maximum Gasteiger partial charge on any atom is 0.0823 e. The van der Waals surface area contributed by atoms with Crippen molar-refractivity contribution in [2.75, 3.05) is 19.7 Å². The first-order valence-corrected chi connectivity index (χ1v) is 4.66. The molecule has 0 aliphatic carbocycles. The van der Waals surface area contributed by atoms with Gasteiger partial charge in [0.2, 0.25) is 0 Å². The van der Waals surface area contributed by atoms with Gasteiger partial charge in [0, 0.05) is 25.5 Å². The maximum atomic E-state index is 5.59. The second-order valence-corrected chi connectivity index (χ2v) is 3.26. The van der Waals surface area contributed by atoms with Gasteiger partial charge in [-0.25, -0.2) is 0 Å². The minimum Gasteiger partial charge on any atom is -0.375 e. The van der Waals surface area contributed by atoms with Gasteiger partial charge in [-0.3, -0.25) is 4.98 Å². The average molecular weight is 178 g/mol. The summed E-state index contributed by atoms with van der Waals surface area (Å²) in [7, 11) is 0. The van der Waals surface area contributed by atoms with Crippen LogP contribution in [0.5, 0.6) is 0 Å². The van der Waals surface area contributed by atoms with E-state index in [-0.39, 0.29) is 0 Å². The monoisotopic (exact) mass is 178 g/mol. The van der Waals surface area contributed by atoms with Crippen molar-refractivity contribution in [3.8, 4) is 0 Å². The molecule has 1 saturated heterocycles. The molecule has 0 spiro atoms. The lowest BCUT2D eigenvalue weighted by Crippen LogP contribution is -2.48. The van der Waals surface area contributed by atoms with E-state index in [1.165, 1.54) is 5.56 Å². The third-order valence-electron chi connectivity index (χ3n) is 2.21. The van der Waals surface area contributed by atoms with E-state index in [4.69, 9.17) is 4.74 Å². The van der Waals surface area contributed by atoms with Crippen LogP contribution in [-0.4, -0.2) is 30.8 Å². The number of ether oxygens (including phenoxy) is 1. The molecule has 0 radical (unpaired) electrons. The fourth-order valence-electron chi connectivity index (χ4n) is 1.27. The lowest BCUT2D eigenvalue weighted by Gasteiger charge is -2.27. The summed E-state index contributed by atoms with van der Waals surface area (Å²) in [5.74, 6) is 0. The van der Waals surface area contributed by atoms with Gasteiger partial charge in [0.15, 0.2) is 0 Å². The van der Waals surface area contributed by atoms with Crippen LogP contribution in [0, 0.1) is 0 Å². The molecule has 0 saturated carbocycles. The average Bonchev–Trinajstić information content (AvgIpc) is 2.11. The van der Waals surface area contributed by atoms with Gasteiger partial charge in [0.1, 0.15) is 0 Å². The SMILES string of the molecule is c1cncc(CCOC2CNC2)c1. The van der Waals surface area contributed by atoms with Crippen LogP contribution < -0.4 is 5.32 Å². The van der Waals surface area contributed by atoms with Gasteiger partial charge in [0.25, 0.3) is 0 Å². The lowest BCUT2D eigenvalue weighted by molar-refractivity contribution is 0.0207. The van der Waals surface area contributed by atoms with E-state index in [1.807, 2.05) is 12.3 Å². The van der Waals surface area contributed by atoms with Crippen LogP contribution in [0.4, 0.5) is 0 Å². The van der Waals surface area contributed by atoms with Crippen LogP contribution in [0.25, 0.3) is 0 Å². The molecule has 1 aliphatic rings. The fourth-order valence-corrected chi connectivity index (χ4v) is 1.27. The van der Waals surface area contributed by atoms with Gasteiger partial charge >= 0.3 is 0 Å². The molecule has 1 aromatic heterocycles. The highest BCUT2D eigenvalue weighted by atomic mass is 16.5. The van der Waals surface area contributed by atoms with Gasteiger partial charge < -0.3 is 10.1 Å². The van der Waals surface area contributed by atoms with E-state index in [1.54, 1.807) is 6.20 Å². The number of hydrogen-bond donors (Lipinski definition) is 1. The van der Waals surface area contributed by atoms with Gasteiger partial charge in [-0.05, 0) is 18.1 Å². The molecule has 0 unspecified atom stereocenters. The minimum absolute atomic E-state index is 0.441. The zero-order chi connectivity index (χ0) is 8.93. The van der Waals surface area contributed by atoms with E-state index in [0.717, 1.165) is 26.1 Å². The third kappa shape index (κ3) is 2.50. The number of hydrogen-bond acceptors (Lipinski definition) is 3. The van der Waals surface area contributed by atoms with Crippen LogP contribution >= 0.6 is 0 Å². The first-order chi connectivity index (χ1) is 6.45. The first kappa shape index (κ1) is 8.66. The Morgan fingerprint density at radius 3 is 3.08 bits per heavy atom. The molecule has 0 bridgehead atoms. The Kier molecular flexibility index (Phi) is 2.90. The van der Waals surface area contributed by atoms with Crippen LogP contribution in [-0.2, 0) is 11.2 Å². The van der Waals surface area contributed by atoms with Crippen molar-refractivity contribution in [3.05, 3.63) is 30.1 Å². The standard InChI is InChI=1S/C10H14N2O/c1-2-9(6-11-4-1)3-5-13-10-7-12-8-10/h1-2,4,6,10,12H,3,5,7-8H2. The fraction of sp³-hybridized carbons (Fsp3) is 0.500. The summed E-state index contributed by atoms with van der Waals surface area (Å²) in [6.07, 6.45) is 5.09. The largest absolute Gasteiger partial charge is 0.375 e. The van der Waals surface area contributed by atoms with Crippen molar-refractivity contribution in [2.24, 2.45) is 0 Å². The Morgan fingerprint density at radius 1 is 1.54 bits per heavy atom. The Hall–Kier alpha value is -0.930. The zero-order valence-corrected chi connectivity index (χ0v) is 7.57. The highest BCUT2D eigenvalue weighted by Gasteiger charge is 2.16. The van der Waals surface area contributed by atoms with Crippen LogP contribution in [0.15, 0.2) is 24.5 Å². The molecule has 3 nitrogen and oxygen atoms in total. The zero-order valence-electron chi connectivity index (χ0n) is 7.57. The molecular weight excluding hydrogens is 164 g/mol. The first-order valence-electron chi connectivity index (χ1n) is 4.66. The topological polar surface area (TPSA) is 34.1 Å². The number of nitrogens with one attached hydrogen (secondary N) is 1. The molecule has 1 aliphatic heterocycles. The van der Waals surface area contributed by atoms with E-state index < -0.39 is 0 Å². The summed E-state index contributed by atoms with van der Waals surface area (Å²) in [5, 5.41) is 3.17. The quantitative estimate of drug-likeness (QED) is 0.733. The predicted molar refractivity (Wildman–Crippen MR) is 50.6 cm³/mol. The third-order valence-corrected chi connectivity index (χ3v) is 2.21. The van der Waals surface area contributed by atoms with Crippen LogP contribution in [0.1, 0.15) is 5.56 Å². The van der Waals surface area contributed by atoms with Crippen molar-refractivity contribution in [2.45, 2.75) is 12.5 Å². The molecule has 3 heteroatoms. The molecule has 0 aromatic carbocycles. The van der Waals surface area contributed by atoms with Crippen molar-refractivity contribution < 1.29 is 4.74 Å². The Labute approximate surface area is 78.1 Å². The summed E-state index contributed by atoms with van der Waals surface area (Å²) >= 11 is 0. The molecule has 1 aromatic rings. The molecule has 1 fully saturated rings. The summed E-state index contributed by atoms with van der Waals surface area (Å²) in [4.78, 5) is 4.05. The molecule has 13 heavy (non-hydrogen) atoms. The van der Waals surface area contributed by atoms with Crippen molar-refractivity contribution >= 4 is 0 Å². The summed E-state index contributed by atoms with van der Waals surface area (Å²) in [5.41, 5.74) is 1.25. The Morgan fingerprint density at radius 2 is 2.46 bits per heavy atom. The van der Waals surface area contributed by atoms with Gasteiger partial charge in [-0.2, -0.15) is 0 Å². The van der Waals surface area contributed by atoms with Crippen LogP contribution in [0.3, 0.4) is 0 Å².